The second-order valence-corrected chi connectivity index (χ2v) is 5.02. The fourth-order valence-electron chi connectivity index (χ4n) is 1.36. The second kappa shape index (κ2) is 4.14. The molecule has 1 N–H and O–H groups in total. The molecule has 1 saturated heterocycles. The molecular weight excluding hydrogens is 210 g/mol. The number of rotatable bonds is 3. The lowest BCUT2D eigenvalue weighted by Gasteiger charge is -2.11. The number of likely N-dealkylation sites (tertiary alicyclic amines) is 1. The molecule has 1 heterocycles. The highest BCUT2D eigenvalue weighted by atomic mass is 32.2. The predicted molar refractivity (Wildman–Crippen MR) is 48.5 cm³/mol. The molecule has 0 bridgehead atoms. The first-order valence-electron chi connectivity index (χ1n) is 4.21. The lowest BCUT2D eigenvalue weighted by molar-refractivity contribution is 0.152. The van der Waals surface area contributed by atoms with Crippen LogP contribution in [0.4, 0.5) is 4.79 Å². The Kier molecular flexibility index (Phi) is 3.33. The van der Waals surface area contributed by atoms with Crippen LogP contribution in [0.3, 0.4) is 0 Å². The third-order valence-electron chi connectivity index (χ3n) is 2.07. The number of nitrogens with zero attached hydrogens (tertiary/aromatic N) is 1. The molecule has 1 unspecified atom stereocenters. The molecule has 1 amide bonds. The van der Waals surface area contributed by atoms with Gasteiger partial charge in [-0.15, -0.1) is 0 Å². The molecule has 0 saturated carbocycles. The van der Waals surface area contributed by atoms with Gasteiger partial charge in [0.15, 0.2) is 0 Å². The number of carbonyl (C=O) groups is 1. The minimum Gasteiger partial charge on any atom is -0.465 e. The van der Waals surface area contributed by atoms with E-state index in [0.717, 1.165) is 6.26 Å². The number of hydrogen-bond acceptors (Lipinski definition) is 4. The van der Waals surface area contributed by atoms with E-state index in [0.29, 0.717) is 19.5 Å². The average Bonchev–Trinajstić information content (AvgIpc) is 2.47. The van der Waals surface area contributed by atoms with Gasteiger partial charge in [-0.3, -0.25) is 4.18 Å². The molecule has 1 fully saturated rings. The molecule has 1 atom stereocenters. The molecular formula is C7H13NO5S. The van der Waals surface area contributed by atoms with Crippen LogP contribution < -0.4 is 0 Å². The average molecular weight is 223 g/mol. The van der Waals surface area contributed by atoms with Crippen molar-refractivity contribution >= 4 is 16.2 Å². The maximum absolute atomic E-state index is 10.7. The second-order valence-electron chi connectivity index (χ2n) is 3.37. The van der Waals surface area contributed by atoms with Crippen LogP contribution in [0.1, 0.15) is 6.42 Å². The van der Waals surface area contributed by atoms with Crippen LogP contribution in [0, 0.1) is 5.92 Å². The van der Waals surface area contributed by atoms with Gasteiger partial charge in [0, 0.05) is 19.0 Å². The predicted octanol–water partition coefficient (Wildman–Crippen LogP) is -0.0375. The zero-order valence-electron chi connectivity index (χ0n) is 7.84. The summed E-state index contributed by atoms with van der Waals surface area (Å²) in [5, 5.41) is 8.63. The van der Waals surface area contributed by atoms with Crippen LogP contribution in [-0.2, 0) is 14.3 Å². The van der Waals surface area contributed by atoms with Gasteiger partial charge in [-0.2, -0.15) is 8.42 Å². The van der Waals surface area contributed by atoms with Gasteiger partial charge in [-0.05, 0) is 6.42 Å². The van der Waals surface area contributed by atoms with E-state index in [1.54, 1.807) is 0 Å². The zero-order valence-corrected chi connectivity index (χ0v) is 8.66. The normalized spacial score (nSPS) is 22.6. The number of carboxylic acid groups (broad SMARTS) is 1. The lowest BCUT2D eigenvalue weighted by atomic mass is 10.1. The Hall–Kier alpha value is -0.820. The Morgan fingerprint density at radius 2 is 2.29 bits per heavy atom. The SMILES string of the molecule is CS(=O)(=O)OCC1CCN(C(=O)O)C1. The van der Waals surface area contributed by atoms with Gasteiger partial charge < -0.3 is 10.0 Å². The molecule has 1 rings (SSSR count). The maximum Gasteiger partial charge on any atom is 0.407 e. The van der Waals surface area contributed by atoms with E-state index in [9.17, 15) is 13.2 Å². The Morgan fingerprint density at radius 1 is 1.64 bits per heavy atom. The maximum atomic E-state index is 10.7. The van der Waals surface area contributed by atoms with E-state index >= 15 is 0 Å². The fraction of sp³-hybridized carbons (Fsp3) is 0.857. The molecule has 0 aromatic rings. The van der Waals surface area contributed by atoms with Crippen molar-refractivity contribution in [2.75, 3.05) is 26.0 Å². The quantitative estimate of drug-likeness (QED) is 0.679. The van der Waals surface area contributed by atoms with Crippen molar-refractivity contribution in [3.63, 3.8) is 0 Å². The van der Waals surface area contributed by atoms with Crippen molar-refractivity contribution in [2.24, 2.45) is 5.92 Å². The number of hydrogen-bond donors (Lipinski definition) is 1. The standard InChI is InChI=1S/C7H13NO5S/c1-14(11,12)13-5-6-2-3-8(4-6)7(9)10/h6H,2-5H2,1H3,(H,9,10). The van der Waals surface area contributed by atoms with E-state index in [2.05, 4.69) is 4.18 Å². The summed E-state index contributed by atoms with van der Waals surface area (Å²) >= 11 is 0. The van der Waals surface area contributed by atoms with Gasteiger partial charge >= 0.3 is 6.09 Å². The Bertz CT molecular complexity index is 312. The molecule has 0 radical (unpaired) electrons. The summed E-state index contributed by atoms with van der Waals surface area (Å²) in [4.78, 5) is 11.8. The monoisotopic (exact) mass is 223 g/mol. The largest absolute Gasteiger partial charge is 0.465 e. The van der Waals surface area contributed by atoms with Gasteiger partial charge in [0.25, 0.3) is 10.1 Å². The van der Waals surface area contributed by atoms with Crippen molar-refractivity contribution in [3.8, 4) is 0 Å². The van der Waals surface area contributed by atoms with Gasteiger partial charge in [0.2, 0.25) is 0 Å². The van der Waals surface area contributed by atoms with Gasteiger partial charge in [-0.1, -0.05) is 0 Å². The van der Waals surface area contributed by atoms with E-state index < -0.39 is 16.2 Å². The highest BCUT2D eigenvalue weighted by molar-refractivity contribution is 7.85. The van der Waals surface area contributed by atoms with Crippen LogP contribution >= 0.6 is 0 Å². The van der Waals surface area contributed by atoms with Crippen LogP contribution in [0.25, 0.3) is 0 Å². The Morgan fingerprint density at radius 3 is 2.71 bits per heavy atom. The fourth-order valence-corrected chi connectivity index (χ4v) is 1.80. The van der Waals surface area contributed by atoms with E-state index in [4.69, 9.17) is 5.11 Å². The van der Waals surface area contributed by atoms with E-state index in [-0.39, 0.29) is 12.5 Å². The number of amides is 1. The first-order chi connectivity index (χ1) is 6.38. The van der Waals surface area contributed by atoms with Gasteiger partial charge in [0.05, 0.1) is 12.9 Å². The Labute approximate surface area is 82.6 Å². The highest BCUT2D eigenvalue weighted by Gasteiger charge is 2.26. The molecule has 0 spiro atoms. The first kappa shape index (κ1) is 11.3. The minimum absolute atomic E-state index is 0.0131. The van der Waals surface area contributed by atoms with Crippen molar-refractivity contribution < 1.29 is 22.5 Å². The summed E-state index contributed by atoms with van der Waals surface area (Å²) in [6, 6.07) is 0. The summed E-state index contributed by atoms with van der Waals surface area (Å²) in [5.74, 6) is -0.0131. The van der Waals surface area contributed by atoms with Crippen LogP contribution in [0.15, 0.2) is 0 Å². The molecule has 0 aromatic heterocycles. The molecule has 82 valence electrons. The summed E-state index contributed by atoms with van der Waals surface area (Å²) in [7, 11) is -3.42. The Balaban J connectivity index is 2.33. The summed E-state index contributed by atoms with van der Waals surface area (Å²) in [5.41, 5.74) is 0. The lowest BCUT2D eigenvalue weighted by Crippen LogP contribution is -2.27. The van der Waals surface area contributed by atoms with Crippen molar-refractivity contribution in [1.82, 2.24) is 4.90 Å². The third-order valence-corrected chi connectivity index (χ3v) is 2.64. The highest BCUT2D eigenvalue weighted by Crippen LogP contribution is 2.16. The van der Waals surface area contributed by atoms with Crippen LogP contribution in [0.2, 0.25) is 0 Å². The van der Waals surface area contributed by atoms with Crippen molar-refractivity contribution in [1.29, 1.82) is 0 Å². The van der Waals surface area contributed by atoms with Crippen molar-refractivity contribution in [2.45, 2.75) is 6.42 Å². The molecule has 0 aromatic carbocycles. The van der Waals surface area contributed by atoms with Crippen LogP contribution in [-0.4, -0.2) is 50.5 Å². The minimum atomic E-state index is -3.42. The molecule has 14 heavy (non-hydrogen) atoms. The topological polar surface area (TPSA) is 83.9 Å². The summed E-state index contributed by atoms with van der Waals surface area (Å²) in [6.45, 7) is 0.876. The molecule has 1 aliphatic rings. The molecule has 0 aliphatic carbocycles. The summed E-state index contributed by atoms with van der Waals surface area (Å²) < 4.78 is 25.9. The third kappa shape index (κ3) is 3.51. The van der Waals surface area contributed by atoms with Crippen molar-refractivity contribution in [3.05, 3.63) is 0 Å². The van der Waals surface area contributed by atoms with Crippen LogP contribution in [0.5, 0.6) is 0 Å². The molecule has 6 nitrogen and oxygen atoms in total. The first-order valence-corrected chi connectivity index (χ1v) is 6.02. The van der Waals surface area contributed by atoms with E-state index in [1.165, 1.54) is 4.90 Å². The van der Waals surface area contributed by atoms with Gasteiger partial charge in [-0.25, -0.2) is 4.79 Å². The zero-order chi connectivity index (χ0) is 10.8. The smallest absolute Gasteiger partial charge is 0.407 e. The molecule has 1 aliphatic heterocycles. The van der Waals surface area contributed by atoms with E-state index in [1.807, 2.05) is 0 Å². The van der Waals surface area contributed by atoms with Gasteiger partial charge in [0.1, 0.15) is 0 Å². The molecule has 7 heteroatoms. The summed E-state index contributed by atoms with van der Waals surface area (Å²) in [6.07, 6.45) is 0.672.